The van der Waals surface area contributed by atoms with Gasteiger partial charge in [-0.15, -0.1) is 0 Å². The van der Waals surface area contributed by atoms with Crippen LogP contribution in [0.25, 0.3) is 10.9 Å². The summed E-state index contributed by atoms with van der Waals surface area (Å²) in [5.74, 6) is -0.447. The molecule has 1 unspecified atom stereocenters. The van der Waals surface area contributed by atoms with Crippen molar-refractivity contribution in [1.29, 1.82) is 0 Å². The lowest BCUT2D eigenvalue weighted by molar-refractivity contribution is 0.108. The number of ether oxygens (including phenoxy) is 1. The number of aromatic nitrogens is 2. The topological polar surface area (TPSA) is 50.7 Å². The number of halogens is 5. The zero-order valence-electron chi connectivity index (χ0n) is 24.9. The third-order valence-corrected chi connectivity index (χ3v) is 15.6. The molecule has 2 aromatic rings. The average molecular weight is 672 g/mol. The van der Waals surface area contributed by atoms with E-state index in [0.29, 0.717) is 24.8 Å². The number of piperidine rings is 1. The first kappa shape index (κ1) is 30.3. The van der Waals surface area contributed by atoms with Crippen molar-refractivity contribution < 1.29 is 26.7 Å². The van der Waals surface area contributed by atoms with Gasteiger partial charge in [0.25, 0.3) is 6.08 Å². The van der Waals surface area contributed by atoms with Crippen molar-refractivity contribution in [1.82, 2.24) is 14.9 Å². The highest BCUT2D eigenvalue weighted by molar-refractivity contribution is 9.10. The van der Waals surface area contributed by atoms with Gasteiger partial charge in [-0.3, -0.25) is 4.90 Å². The van der Waals surface area contributed by atoms with Gasteiger partial charge >= 0.3 is 6.01 Å². The van der Waals surface area contributed by atoms with Gasteiger partial charge in [0.2, 0.25) is 0 Å². The molecule has 0 amide bonds. The highest BCUT2D eigenvalue weighted by Gasteiger charge is 2.49. The number of rotatable bonds is 6. The van der Waals surface area contributed by atoms with Crippen molar-refractivity contribution in [2.45, 2.75) is 82.7 Å². The Kier molecular flexibility index (Phi) is 7.71. The van der Waals surface area contributed by atoms with E-state index in [2.05, 4.69) is 59.7 Å². The van der Waals surface area contributed by atoms with Gasteiger partial charge in [-0.25, -0.2) is 8.78 Å². The van der Waals surface area contributed by atoms with Crippen molar-refractivity contribution in [2.75, 3.05) is 37.7 Å². The number of anilines is 1. The fraction of sp³-hybridized carbons (Fsp3) is 0.667. The van der Waals surface area contributed by atoms with Gasteiger partial charge in [-0.05, 0) is 84.7 Å². The van der Waals surface area contributed by atoms with Crippen LogP contribution in [-0.4, -0.2) is 67.6 Å². The summed E-state index contributed by atoms with van der Waals surface area (Å²) in [5.41, 5.74) is -0.447. The summed E-state index contributed by atoms with van der Waals surface area (Å²) < 4.78 is 69.9. The number of fused-ring (bicyclic) bond motifs is 4. The molecule has 0 N–H and O–H groups in total. The molecule has 4 atom stereocenters. The van der Waals surface area contributed by atoms with E-state index >= 15 is 4.39 Å². The van der Waals surface area contributed by atoms with Crippen molar-refractivity contribution in [3.8, 4) is 6.01 Å². The first-order valence-corrected chi connectivity index (χ1v) is 18.6. The maximum absolute atomic E-state index is 15.4. The second kappa shape index (κ2) is 10.7. The minimum absolute atomic E-state index is 0.0266. The van der Waals surface area contributed by atoms with Crippen LogP contribution in [0.4, 0.5) is 23.4 Å². The highest BCUT2D eigenvalue weighted by Crippen LogP contribution is 2.47. The van der Waals surface area contributed by atoms with Crippen LogP contribution in [0, 0.1) is 23.5 Å². The Morgan fingerprint density at radius 2 is 1.93 bits per heavy atom. The summed E-state index contributed by atoms with van der Waals surface area (Å²) in [7, 11) is -1.97. The molecule has 230 valence electrons. The molecule has 0 radical (unpaired) electrons. The van der Waals surface area contributed by atoms with Crippen molar-refractivity contribution in [2.24, 2.45) is 11.8 Å². The first-order valence-electron chi connectivity index (χ1n) is 14.9. The standard InChI is InChI=1S/C30H39BrF4N4O2Si/c1-29(2,3)42(4,5)41-22-10-17-9-18(22)14-38(13-17)27-20-11-21(32)23(31)24(33)25(20)36-28(37-27)40-16-30-7-6-8-39(30)15-19(12-30)26(34)35/h11,17-18,22H,6-10,12-16H2,1-5H3/t17-,18-,22-,30?/m1/s1. The van der Waals surface area contributed by atoms with Gasteiger partial charge in [0, 0.05) is 42.6 Å². The van der Waals surface area contributed by atoms with E-state index in [4.69, 9.17) is 14.1 Å². The Bertz CT molecular complexity index is 1430. The number of nitrogens with zero attached hydrogens (tertiary/aromatic N) is 4. The smallest absolute Gasteiger partial charge is 0.319 e. The van der Waals surface area contributed by atoms with E-state index in [9.17, 15) is 13.2 Å². The number of hydrogen-bond donors (Lipinski definition) is 0. The maximum atomic E-state index is 15.4. The van der Waals surface area contributed by atoms with Gasteiger partial charge in [-0.1, -0.05) is 20.8 Å². The summed E-state index contributed by atoms with van der Waals surface area (Å²) in [6.07, 6.45) is 2.36. The molecule has 6 rings (SSSR count). The minimum atomic E-state index is -1.97. The van der Waals surface area contributed by atoms with Crippen LogP contribution in [-0.2, 0) is 4.43 Å². The van der Waals surface area contributed by atoms with Crippen LogP contribution >= 0.6 is 15.9 Å². The summed E-state index contributed by atoms with van der Waals surface area (Å²) in [6, 6.07) is 1.25. The molecule has 6 nitrogen and oxygen atoms in total. The Morgan fingerprint density at radius 1 is 1.17 bits per heavy atom. The van der Waals surface area contributed by atoms with E-state index < -0.39 is 31.6 Å². The highest BCUT2D eigenvalue weighted by atomic mass is 79.9. The predicted octanol–water partition coefficient (Wildman–Crippen LogP) is 7.67. The zero-order chi connectivity index (χ0) is 30.2. The fourth-order valence-corrected chi connectivity index (χ4v) is 8.89. The van der Waals surface area contributed by atoms with Crippen LogP contribution < -0.4 is 9.64 Å². The molecule has 4 heterocycles. The quantitative estimate of drug-likeness (QED) is 0.179. The van der Waals surface area contributed by atoms with Crippen molar-refractivity contribution in [3.05, 3.63) is 33.8 Å². The lowest BCUT2D eigenvalue weighted by atomic mass is 9.94. The molecular weight excluding hydrogens is 632 g/mol. The SMILES string of the molecule is CC(C)(C)[Si](C)(C)O[C@@H]1C[C@H]2C[C@@H]1CN(c1nc(OCC34CCCN3CC(=C(F)F)C4)nc3c(F)c(Br)c(F)cc13)C2. The van der Waals surface area contributed by atoms with E-state index in [0.717, 1.165) is 32.2 Å². The number of benzene rings is 1. The molecule has 2 bridgehead atoms. The molecule has 1 saturated carbocycles. The van der Waals surface area contributed by atoms with Gasteiger partial charge in [0.1, 0.15) is 23.8 Å². The van der Waals surface area contributed by atoms with E-state index in [1.54, 1.807) is 0 Å². The normalized spacial score (nSPS) is 28.2. The second-order valence-corrected chi connectivity index (χ2v) is 19.8. The van der Waals surface area contributed by atoms with Gasteiger partial charge in [0.05, 0.1) is 10.0 Å². The zero-order valence-corrected chi connectivity index (χ0v) is 27.5. The summed E-state index contributed by atoms with van der Waals surface area (Å²) in [6.45, 7) is 13.7. The summed E-state index contributed by atoms with van der Waals surface area (Å²) in [5, 5.41) is 0.385. The van der Waals surface area contributed by atoms with Crippen LogP contribution in [0.2, 0.25) is 18.1 Å². The van der Waals surface area contributed by atoms with Crippen LogP contribution in [0.3, 0.4) is 0 Å². The molecular formula is C30H39BrF4N4O2Si. The molecule has 3 saturated heterocycles. The molecule has 1 aromatic carbocycles. The summed E-state index contributed by atoms with van der Waals surface area (Å²) >= 11 is 3.01. The van der Waals surface area contributed by atoms with E-state index in [1.807, 2.05) is 4.90 Å². The van der Waals surface area contributed by atoms with Crippen LogP contribution in [0.15, 0.2) is 22.2 Å². The largest absolute Gasteiger partial charge is 0.461 e. The van der Waals surface area contributed by atoms with Crippen molar-refractivity contribution >= 4 is 41.0 Å². The minimum Gasteiger partial charge on any atom is -0.461 e. The fourth-order valence-electron chi connectivity index (χ4n) is 7.19. The van der Waals surface area contributed by atoms with Crippen LogP contribution in [0.5, 0.6) is 6.01 Å². The Balaban J connectivity index is 1.31. The molecule has 4 fully saturated rings. The Hall–Kier alpha value is -1.76. The third kappa shape index (κ3) is 5.28. The second-order valence-electron chi connectivity index (χ2n) is 14.2. The molecule has 4 aliphatic rings. The molecule has 3 aliphatic heterocycles. The summed E-state index contributed by atoms with van der Waals surface area (Å²) in [4.78, 5) is 13.3. The Morgan fingerprint density at radius 3 is 2.64 bits per heavy atom. The number of hydrogen-bond acceptors (Lipinski definition) is 6. The predicted molar refractivity (Wildman–Crippen MR) is 161 cm³/mol. The van der Waals surface area contributed by atoms with E-state index in [1.165, 1.54) is 6.07 Å². The lowest BCUT2D eigenvalue weighted by Crippen LogP contribution is -2.46. The molecule has 12 heteroatoms. The van der Waals surface area contributed by atoms with Gasteiger partial charge in [0.15, 0.2) is 14.1 Å². The lowest BCUT2D eigenvalue weighted by Gasteiger charge is -2.40. The molecule has 1 aromatic heterocycles. The maximum Gasteiger partial charge on any atom is 0.319 e. The first-order chi connectivity index (χ1) is 19.7. The molecule has 1 aliphatic carbocycles. The van der Waals surface area contributed by atoms with E-state index in [-0.39, 0.29) is 63.6 Å². The Labute approximate surface area is 254 Å². The van der Waals surface area contributed by atoms with Crippen LogP contribution in [0.1, 0.15) is 52.9 Å². The molecule has 42 heavy (non-hydrogen) atoms. The van der Waals surface area contributed by atoms with Gasteiger partial charge < -0.3 is 14.1 Å². The average Bonchev–Trinajstić information content (AvgIpc) is 3.55. The van der Waals surface area contributed by atoms with Crippen molar-refractivity contribution in [3.63, 3.8) is 0 Å². The monoisotopic (exact) mass is 670 g/mol. The third-order valence-electron chi connectivity index (χ3n) is 10.4. The van der Waals surface area contributed by atoms with Gasteiger partial charge in [-0.2, -0.15) is 18.7 Å². The molecule has 0 spiro atoms.